The van der Waals surface area contributed by atoms with E-state index < -0.39 is 44.4 Å². The van der Waals surface area contributed by atoms with Crippen LogP contribution < -0.4 is 5.32 Å². The lowest BCUT2D eigenvalue weighted by Gasteiger charge is -2.45. The molecule has 4 rings (SSSR count). The Labute approximate surface area is 188 Å². The second-order valence-corrected chi connectivity index (χ2v) is 9.30. The molecule has 10 nitrogen and oxygen atoms in total. The number of phenols is 1. The number of allylic oxidation sites excluding steroid dienone is 1. The largest absolute Gasteiger partial charge is 0.508 e. The zero-order chi connectivity index (χ0) is 23.8. The zero-order valence-electron chi connectivity index (χ0n) is 16.9. The summed E-state index contributed by atoms with van der Waals surface area (Å²) >= 11 is 0. The number of anilines is 1. The number of amides is 2. The Morgan fingerprint density at radius 3 is 2.52 bits per heavy atom. The highest BCUT2D eigenvalue weighted by Crippen LogP contribution is 2.41. The number of aliphatic carboxylic acids is 1. The van der Waals surface area contributed by atoms with Gasteiger partial charge in [-0.05, 0) is 48.0 Å². The molecule has 2 amide bonds. The second-order valence-electron chi connectivity index (χ2n) is 7.24. The van der Waals surface area contributed by atoms with Crippen LogP contribution in [-0.4, -0.2) is 57.4 Å². The van der Waals surface area contributed by atoms with E-state index in [9.17, 15) is 33.0 Å². The average molecular weight is 467 g/mol. The maximum Gasteiger partial charge on any atom is 0.352 e. The molecule has 0 unspecified atom stereocenters. The Morgan fingerprint density at radius 2 is 1.88 bits per heavy atom. The van der Waals surface area contributed by atoms with E-state index in [4.69, 9.17) is 0 Å². The first kappa shape index (κ1) is 22.0. The van der Waals surface area contributed by atoms with Crippen LogP contribution in [0.3, 0.4) is 0 Å². The van der Waals surface area contributed by atoms with Gasteiger partial charge in [0.2, 0.25) is 5.91 Å². The zero-order valence-corrected chi connectivity index (χ0v) is 17.7. The molecule has 1 aromatic heterocycles. The van der Waals surface area contributed by atoms with E-state index in [1.807, 2.05) is 0 Å². The standard InChI is InChI=1S/C22H17N3O7S/c26-16-7-5-14(6-8-16)24-18(27)9-4-13-12-33(31,32)21-17(11-15-3-1-2-10-23-15)20(28)25(21)19(13)22(29)30/h1-11,21,26H,12H2,(H,24,27)(H,29,30)/b9-4+,17-11+/t21-/m1/s1. The summed E-state index contributed by atoms with van der Waals surface area (Å²) in [4.78, 5) is 41.5. The molecule has 1 atom stereocenters. The minimum absolute atomic E-state index is 0.0115. The number of rotatable bonds is 5. The summed E-state index contributed by atoms with van der Waals surface area (Å²) in [6.45, 7) is 0. The van der Waals surface area contributed by atoms with Crippen molar-refractivity contribution >= 4 is 39.4 Å². The number of sulfone groups is 1. The number of hydrogen-bond acceptors (Lipinski definition) is 7. The molecule has 1 aromatic carbocycles. The highest BCUT2D eigenvalue weighted by atomic mass is 32.2. The average Bonchev–Trinajstić information content (AvgIpc) is 2.77. The molecule has 2 aliphatic heterocycles. The number of phenolic OH excluding ortho intramolecular Hbond substituents is 1. The van der Waals surface area contributed by atoms with Crippen LogP contribution in [-0.2, 0) is 24.2 Å². The lowest BCUT2D eigenvalue weighted by atomic mass is 10.0. The Kier molecular flexibility index (Phi) is 5.56. The van der Waals surface area contributed by atoms with Crippen molar-refractivity contribution in [3.8, 4) is 5.75 Å². The second kappa shape index (κ2) is 8.36. The van der Waals surface area contributed by atoms with Gasteiger partial charge in [0.25, 0.3) is 5.91 Å². The molecule has 3 N–H and O–H groups in total. The van der Waals surface area contributed by atoms with Crippen molar-refractivity contribution in [1.82, 2.24) is 9.88 Å². The van der Waals surface area contributed by atoms with Crippen molar-refractivity contribution in [3.63, 3.8) is 0 Å². The third kappa shape index (κ3) is 4.26. The first-order valence-corrected chi connectivity index (χ1v) is 11.3. The fourth-order valence-corrected chi connectivity index (χ4v) is 5.44. The summed E-state index contributed by atoms with van der Waals surface area (Å²) in [6, 6.07) is 10.6. The number of nitrogens with zero attached hydrogens (tertiary/aromatic N) is 2. The van der Waals surface area contributed by atoms with E-state index in [1.165, 1.54) is 36.5 Å². The number of carbonyl (C=O) groups excluding carboxylic acids is 2. The molecule has 0 aliphatic carbocycles. The molecule has 0 radical (unpaired) electrons. The van der Waals surface area contributed by atoms with E-state index in [1.54, 1.807) is 18.2 Å². The minimum Gasteiger partial charge on any atom is -0.508 e. The van der Waals surface area contributed by atoms with E-state index in [0.717, 1.165) is 12.2 Å². The molecular weight excluding hydrogens is 450 g/mol. The van der Waals surface area contributed by atoms with E-state index in [-0.39, 0.29) is 16.9 Å². The van der Waals surface area contributed by atoms with Crippen LogP contribution in [0.15, 0.2) is 77.7 Å². The number of aromatic hydroxyl groups is 1. The normalized spacial score (nSPS) is 20.5. The Balaban J connectivity index is 1.64. The van der Waals surface area contributed by atoms with Gasteiger partial charge in [-0.3, -0.25) is 19.5 Å². The molecule has 168 valence electrons. The van der Waals surface area contributed by atoms with Crippen LogP contribution >= 0.6 is 0 Å². The lowest BCUT2D eigenvalue weighted by molar-refractivity contribution is -0.141. The van der Waals surface area contributed by atoms with Gasteiger partial charge in [0, 0.05) is 18.0 Å². The van der Waals surface area contributed by atoms with Crippen LogP contribution in [0.5, 0.6) is 5.75 Å². The molecule has 1 fully saturated rings. The number of benzene rings is 1. The molecule has 0 saturated carbocycles. The number of carboxylic acid groups (broad SMARTS) is 1. The Morgan fingerprint density at radius 1 is 1.15 bits per heavy atom. The quantitative estimate of drug-likeness (QED) is 0.338. The van der Waals surface area contributed by atoms with Crippen LogP contribution in [0, 0.1) is 0 Å². The number of carboxylic acids is 1. The predicted octanol–water partition coefficient (Wildman–Crippen LogP) is 1.30. The van der Waals surface area contributed by atoms with Crippen LogP contribution in [0.4, 0.5) is 5.69 Å². The van der Waals surface area contributed by atoms with Crippen molar-refractivity contribution in [3.05, 3.63) is 83.4 Å². The highest BCUT2D eigenvalue weighted by molar-refractivity contribution is 7.92. The Bertz CT molecular complexity index is 1340. The van der Waals surface area contributed by atoms with Crippen molar-refractivity contribution in [2.24, 2.45) is 0 Å². The maximum absolute atomic E-state index is 12.9. The van der Waals surface area contributed by atoms with Crippen molar-refractivity contribution in [2.45, 2.75) is 5.37 Å². The topological polar surface area (TPSA) is 154 Å². The minimum atomic E-state index is -3.98. The summed E-state index contributed by atoms with van der Waals surface area (Å²) in [5.41, 5.74) is -0.0151. The van der Waals surface area contributed by atoms with E-state index >= 15 is 0 Å². The number of hydrogen-bond donors (Lipinski definition) is 3. The number of fused-ring (bicyclic) bond motifs is 1. The van der Waals surface area contributed by atoms with Gasteiger partial charge in [0.05, 0.1) is 17.0 Å². The van der Waals surface area contributed by atoms with E-state index in [2.05, 4.69) is 10.3 Å². The van der Waals surface area contributed by atoms with Crippen molar-refractivity contribution in [2.75, 3.05) is 11.1 Å². The van der Waals surface area contributed by atoms with Gasteiger partial charge in [0.1, 0.15) is 11.4 Å². The van der Waals surface area contributed by atoms with Crippen LogP contribution in [0.25, 0.3) is 6.08 Å². The number of pyridine rings is 1. The molecule has 0 bridgehead atoms. The molecule has 11 heteroatoms. The number of β-lactam (4-membered cyclic amide) rings is 1. The summed E-state index contributed by atoms with van der Waals surface area (Å²) < 4.78 is 25.8. The summed E-state index contributed by atoms with van der Waals surface area (Å²) in [5, 5.41) is 20.0. The molecule has 2 aromatic rings. The monoisotopic (exact) mass is 467 g/mol. The fourth-order valence-electron chi connectivity index (χ4n) is 3.54. The number of nitrogens with one attached hydrogen (secondary N) is 1. The fraction of sp³-hybridized carbons (Fsp3) is 0.0909. The molecule has 1 saturated heterocycles. The maximum atomic E-state index is 12.9. The van der Waals surface area contributed by atoms with Crippen LogP contribution in [0.1, 0.15) is 5.69 Å². The van der Waals surface area contributed by atoms with Gasteiger partial charge in [-0.2, -0.15) is 0 Å². The van der Waals surface area contributed by atoms with Gasteiger partial charge >= 0.3 is 5.97 Å². The summed E-state index contributed by atoms with van der Waals surface area (Å²) in [5.74, 6) is -3.55. The lowest BCUT2D eigenvalue weighted by Crippen LogP contribution is -2.62. The molecule has 0 spiro atoms. The number of aromatic nitrogens is 1. The SMILES string of the molecule is O=C(/C=C/C1=C(C(=O)O)N2C(=O)/C(=C\c3ccccn3)[C@H]2S(=O)(=O)C1)Nc1ccc(O)cc1. The Hall–Kier alpha value is -4.25. The van der Waals surface area contributed by atoms with Crippen molar-refractivity contribution in [1.29, 1.82) is 0 Å². The third-order valence-electron chi connectivity index (χ3n) is 4.97. The van der Waals surface area contributed by atoms with Gasteiger partial charge in [-0.1, -0.05) is 12.1 Å². The first-order chi connectivity index (χ1) is 15.7. The van der Waals surface area contributed by atoms with E-state index in [0.29, 0.717) is 16.3 Å². The van der Waals surface area contributed by atoms with Gasteiger partial charge in [-0.15, -0.1) is 0 Å². The molecular formula is C22H17N3O7S. The molecule has 2 aliphatic rings. The van der Waals surface area contributed by atoms with Gasteiger partial charge < -0.3 is 15.5 Å². The first-order valence-electron chi connectivity index (χ1n) is 9.59. The molecule has 33 heavy (non-hydrogen) atoms. The van der Waals surface area contributed by atoms with Gasteiger partial charge in [0.15, 0.2) is 15.2 Å². The molecule has 3 heterocycles. The van der Waals surface area contributed by atoms with Crippen LogP contribution in [0.2, 0.25) is 0 Å². The summed E-state index contributed by atoms with van der Waals surface area (Å²) in [7, 11) is -3.98. The summed E-state index contributed by atoms with van der Waals surface area (Å²) in [6.07, 6.45) is 4.86. The van der Waals surface area contributed by atoms with Gasteiger partial charge in [-0.25, -0.2) is 13.2 Å². The van der Waals surface area contributed by atoms with Crippen molar-refractivity contribution < 1.29 is 33.0 Å². The number of carbonyl (C=O) groups is 3. The predicted molar refractivity (Wildman–Crippen MR) is 117 cm³/mol. The highest BCUT2D eigenvalue weighted by Gasteiger charge is 2.56. The third-order valence-corrected chi connectivity index (χ3v) is 6.83. The smallest absolute Gasteiger partial charge is 0.352 e.